The van der Waals surface area contributed by atoms with E-state index in [1.807, 2.05) is 39.8 Å². The van der Waals surface area contributed by atoms with E-state index in [1.165, 1.54) is 6.07 Å². The summed E-state index contributed by atoms with van der Waals surface area (Å²) in [6, 6.07) is 1.50. The predicted molar refractivity (Wildman–Crippen MR) is 100.0 cm³/mol. The number of benzene rings is 1. The molecule has 0 fully saturated rings. The van der Waals surface area contributed by atoms with Crippen LogP contribution in [-0.4, -0.2) is 18.8 Å². The van der Waals surface area contributed by atoms with E-state index in [0.29, 0.717) is 17.1 Å². The van der Waals surface area contributed by atoms with E-state index in [-0.39, 0.29) is 23.8 Å². The Labute approximate surface area is 152 Å². The molecule has 2 aliphatic rings. The maximum atomic E-state index is 12.1. The molecule has 5 heteroatoms. The van der Waals surface area contributed by atoms with Gasteiger partial charge >= 0.3 is 5.63 Å². The summed E-state index contributed by atoms with van der Waals surface area (Å²) in [5.74, 6) is 1.50. The summed E-state index contributed by atoms with van der Waals surface area (Å²) >= 11 is 0. The second-order valence-corrected chi connectivity index (χ2v) is 7.82. The summed E-state index contributed by atoms with van der Waals surface area (Å²) in [4.78, 5) is 12.1. The quantitative estimate of drug-likeness (QED) is 0.709. The summed E-state index contributed by atoms with van der Waals surface area (Å²) in [5.41, 5.74) is 2.15. The Hall–Kier alpha value is -2.27. The fraction of sp³-hybridized carbons (Fsp3) is 0.476. The average molecular weight is 356 g/mol. The first-order valence-electron chi connectivity index (χ1n) is 8.95. The van der Waals surface area contributed by atoms with Crippen molar-refractivity contribution in [2.75, 3.05) is 7.11 Å². The standard InChI is InChI=1S/C21H24O5/c1-10-9-14(22)25-20-15(10)19-13(7-8-21(4,5)26-19)18-16(20)17(23-6)11(2)12(3)24-18/h7-9,11-12,17H,1-6H3/t11-,12-,17-/m0/s1. The van der Waals surface area contributed by atoms with Crippen molar-refractivity contribution in [1.29, 1.82) is 0 Å². The molecular formula is C21H24O5. The van der Waals surface area contributed by atoms with E-state index >= 15 is 0 Å². The normalized spacial score (nSPS) is 26.0. The maximum absolute atomic E-state index is 12.1. The van der Waals surface area contributed by atoms with Gasteiger partial charge in [-0.1, -0.05) is 6.92 Å². The van der Waals surface area contributed by atoms with Crippen molar-refractivity contribution in [3.8, 4) is 11.5 Å². The highest BCUT2D eigenvalue weighted by Crippen LogP contribution is 2.52. The topological polar surface area (TPSA) is 57.9 Å². The monoisotopic (exact) mass is 356 g/mol. The molecule has 5 nitrogen and oxygen atoms in total. The first kappa shape index (κ1) is 17.2. The predicted octanol–water partition coefficient (Wildman–Crippen LogP) is 4.39. The average Bonchev–Trinajstić information content (AvgIpc) is 2.55. The van der Waals surface area contributed by atoms with Gasteiger partial charge in [0.25, 0.3) is 0 Å². The second kappa shape index (κ2) is 5.61. The van der Waals surface area contributed by atoms with Gasteiger partial charge in [-0.25, -0.2) is 4.79 Å². The summed E-state index contributed by atoms with van der Waals surface area (Å²) in [6.45, 7) is 10.00. The second-order valence-electron chi connectivity index (χ2n) is 7.82. The van der Waals surface area contributed by atoms with Crippen molar-refractivity contribution in [3.05, 3.63) is 39.3 Å². The Bertz CT molecular complexity index is 982. The minimum atomic E-state index is -0.453. The third-order valence-corrected chi connectivity index (χ3v) is 5.44. The van der Waals surface area contributed by atoms with Crippen LogP contribution in [0.2, 0.25) is 0 Å². The number of hydrogen-bond donors (Lipinski definition) is 0. The van der Waals surface area contributed by atoms with Crippen molar-refractivity contribution in [1.82, 2.24) is 0 Å². The summed E-state index contributed by atoms with van der Waals surface area (Å²) in [5, 5.41) is 0.808. The third kappa shape index (κ3) is 2.37. The van der Waals surface area contributed by atoms with E-state index in [9.17, 15) is 4.79 Å². The fourth-order valence-electron chi connectivity index (χ4n) is 3.93. The smallest absolute Gasteiger partial charge is 0.336 e. The number of ether oxygens (including phenoxy) is 3. The third-order valence-electron chi connectivity index (χ3n) is 5.44. The van der Waals surface area contributed by atoms with Gasteiger partial charge in [0.1, 0.15) is 23.2 Å². The van der Waals surface area contributed by atoms with Gasteiger partial charge in [0.15, 0.2) is 5.58 Å². The number of methoxy groups -OCH3 is 1. The molecule has 0 radical (unpaired) electrons. The first-order chi connectivity index (χ1) is 12.2. The van der Waals surface area contributed by atoms with Crippen molar-refractivity contribution in [2.24, 2.45) is 5.92 Å². The highest BCUT2D eigenvalue weighted by Gasteiger charge is 2.40. The molecule has 0 amide bonds. The molecule has 3 atom stereocenters. The molecule has 1 aromatic carbocycles. The van der Waals surface area contributed by atoms with Crippen LogP contribution >= 0.6 is 0 Å². The lowest BCUT2D eigenvalue weighted by molar-refractivity contribution is -0.0125. The van der Waals surface area contributed by atoms with Crippen LogP contribution in [-0.2, 0) is 4.74 Å². The van der Waals surface area contributed by atoms with Crippen LogP contribution in [0.15, 0.2) is 21.4 Å². The Kier molecular flexibility index (Phi) is 3.70. The van der Waals surface area contributed by atoms with E-state index in [2.05, 4.69) is 6.92 Å². The molecular weight excluding hydrogens is 332 g/mol. The van der Waals surface area contributed by atoms with Gasteiger partial charge in [-0.2, -0.15) is 0 Å². The molecule has 3 heterocycles. The van der Waals surface area contributed by atoms with Crippen LogP contribution in [0.4, 0.5) is 0 Å². The molecule has 0 N–H and O–H groups in total. The van der Waals surface area contributed by atoms with Crippen LogP contribution in [0.1, 0.15) is 50.5 Å². The lowest BCUT2D eigenvalue weighted by Crippen LogP contribution is -2.35. The lowest BCUT2D eigenvalue weighted by atomic mass is 9.85. The molecule has 0 bridgehead atoms. The minimum Gasteiger partial charge on any atom is -0.489 e. The lowest BCUT2D eigenvalue weighted by Gasteiger charge is -2.38. The molecule has 0 unspecified atom stereocenters. The van der Waals surface area contributed by atoms with Crippen molar-refractivity contribution >= 4 is 17.0 Å². The molecule has 0 saturated heterocycles. The van der Waals surface area contributed by atoms with Crippen molar-refractivity contribution < 1.29 is 18.6 Å². The molecule has 26 heavy (non-hydrogen) atoms. The van der Waals surface area contributed by atoms with Crippen LogP contribution in [0.5, 0.6) is 11.5 Å². The molecule has 2 aromatic rings. The summed E-state index contributed by atoms with van der Waals surface area (Å²) in [7, 11) is 1.68. The molecule has 0 saturated carbocycles. The zero-order valence-electron chi connectivity index (χ0n) is 16.0. The molecule has 1 aromatic heterocycles. The van der Waals surface area contributed by atoms with Gasteiger partial charge < -0.3 is 18.6 Å². The number of aryl methyl sites for hydroxylation is 1. The van der Waals surface area contributed by atoms with E-state index in [0.717, 1.165) is 22.1 Å². The van der Waals surface area contributed by atoms with Gasteiger partial charge in [-0.3, -0.25) is 0 Å². The summed E-state index contributed by atoms with van der Waals surface area (Å²) in [6.07, 6.45) is 3.80. The van der Waals surface area contributed by atoms with Crippen LogP contribution in [0, 0.1) is 12.8 Å². The van der Waals surface area contributed by atoms with E-state index in [4.69, 9.17) is 18.6 Å². The molecule has 138 valence electrons. The number of hydrogen-bond acceptors (Lipinski definition) is 5. The van der Waals surface area contributed by atoms with Gasteiger partial charge in [-0.15, -0.1) is 0 Å². The number of fused-ring (bicyclic) bond motifs is 6. The fourth-order valence-corrected chi connectivity index (χ4v) is 3.93. The zero-order chi connectivity index (χ0) is 18.8. The Morgan fingerprint density at radius 1 is 1.19 bits per heavy atom. The maximum Gasteiger partial charge on any atom is 0.336 e. The highest BCUT2D eigenvalue weighted by molar-refractivity contribution is 5.97. The first-order valence-corrected chi connectivity index (χ1v) is 8.95. The van der Waals surface area contributed by atoms with Crippen LogP contribution < -0.4 is 15.1 Å². The molecule has 0 spiro atoms. The van der Waals surface area contributed by atoms with Crippen molar-refractivity contribution in [3.63, 3.8) is 0 Å². The highest BCUT2D eigenvalue weighted by atomic mass is 16.5. The zero-order valence-corrected chi connectivity index (χ0v) is 16.0. The van der Waals surface area contributed by atoms with Crippen LogP contribution in [0.3, 0.4) is 0 Å². The Balaban J connectivity index is 2.18. The SMILES string of the molecule is CO[C@@H]1c2c(c3c(c4c(C)cc(=O)oc24)OC(C)(C)C=C3)O[C@@H](C)[C@@H]1C. The molecule has 2 aliphatic heterocycles. The van der Waals surface area contributed by atoms with Gasteiger partial charge in [-0.05, 0) is 45.4 Å². The number of rotatable bonds is 1. The Morgan fingerprint density at radius 3 is 2.62 bits per heavy atom. The Morgan fingerprint density at radius 2 is 1.92 bits per heavy atom. The van der Waals surface area contributed by atoms with Gasteiger partial charge in [0.05, 0.1) is 22.6 Å². The largest absolute Gasteiger partial charge is 0.489 e. The van der Waals surface area contributed by atoms with Crippen molar-refractivity contribution in [2.45, 2.75) is 52.4 Å². The van der Waals surface area contributed by atoms with Gasteiger partial charge in [0, 0.05) is 19.1 Å². The van der Waals surface area contributed by atoms with E-state index < -0.39 is 5.60 Å². The molecule has 0 aliphatic carbocycles. The summed E-state index contributed by atoms with van der Waals surface area (Å²) < 4.78 is 24.0. The van der Waals surface area contributed by atoms with Crippen LogP contribution in [0.25, 0.3) is 17.0 Å². The molecule has 4 rings (SSSR count). The minimum absolute atomic E-state index is 0.0335. The van der Waals surface area contributed by atoms with E-state index in [1.54, 1.807) is 7.11 Å². The van der Waals surface area contributed by atoms with Gasteiger partial charge in [0.2, 0.25) is 0 Å².